The zero-order chi connectivity index (χ0) is 12.8. The molecule has 3 heteroatoms. The number of rotatable bonds is 6. The molecule has 0 aliphatic heterocycles. The maximum absolute atomic E-state index is 11.2. The predicted octanol–water partition coefficient (Wildman–Crippen LogP) is 2.80. The molecule has 1 rings (SSSR count). The van der Waals surface area contributed by atoms with Crippen LogP contribution in [0.4, 0.5) is 0 Å². The van der Waals surface area contributed by atoms with Gasteiger partial charge in [-0.25, -0.2) is 0 Å². The zero-order valence-electron chi connectivity index (χ0n) is 11.2. The topological polar surface area (TPSA) is 29.1 Å². The normalized spacial score (nSPS) is 16.5. The van der Waals surface area contributed by atoms with Crippen molar-refractivity contribution in [1.29, 1.82) is 0 Å². The van der Waals surface area contributed by atoms with Gasteiger partial charge in [0.1, 0.15) is 0 Å². The SMILES string of the molecule is Cc1ccccc1C(C)NCCC(C)S(C)=O. The van der Waals surface area contributed by atoms with Crippen molar-refractivity contribution in [1.82, 2.24) is 5.32 Å². The van der Waals surface area contributed by atoms with Gasteiger partial charge >= 0.3 is 0 Å². The molecule has 0 radical (unpaired) electrons. The molecule has 0 bridgehead atoms. The van der Waals surface area contributed by atoms with E-state index in [2.05, 4.69) is 43.4 Å². The van der Waals surface area contributed by atoms with Gasteiger partial charge in [-0.1, -0.05) is 31.2 Å². The van der Waals surface area contributed by atoms with Crippen LogP contribution >= 0.6 is 0 Å². The number of hydrogen-bond acceptors (Lipinski definition) is 2. The van der Waals surface area contributed by atoms with Crippen molar-refractivity contribution in [3.05, 3.63) is 35.4 Å². The fourth-order valence-electron chi connectivity index (χ4n) is 1.85. The van der Waals surface area contributed by atoms with E-state index in [0.717, 1.165) is 13.0 Å². The Labute approximate surface area is 107 Å². The third-order valence-electron chi connectivity index (χ3n) is 3.22. The molecule has 0 aliphatic rings. The minimum absolute atomic E-state index is 0.270. The Balaban J connectivity index is 2.43. The number of aryl methyl sites for hydroxylation is 1. The predicted molar refractivity (Wildman–Crippen MR) is 75.7 cm³/mol. The van der Waals surface area contributed by atoms with E-state index in [1.807, 2.05) is 6.92 Å². The fraction of sp³-hybridized carbons (Fsp3) is 0.571. The summed E-state index contributed by atoms with van der Waals surface area (Å²) in [5.74, 6) is 0. The van der Waals surface area contributed by atoms with Crippen molar-refractivity contribution in [2.45, 2.75) is 38.5 Å². The maximum Gasteiger partial charge on any atom is 0.0329 e. The largest absolute Gasteiger partial charge is 0.310 e. The summed E-state index contributed by atoms with van der Waals surface area (Å²) in [6.45, 7) is 7.26. The Morgan fingerprint density at radius 1 is 1.29 bits per heavy atom. The lowest BCUT2D eigenvalue weighted by Gasteiger charge is -2.17. The molecule has 0 fully saturated rings. The molecule has 1 aromatic carbocycles. The molecular formula is C14H23NOS. The Bertz CT molecular complexity index is 378. The third kappa shape index (κ3) is 4.60. The smallest absolute Gasteiger partial charge is 0.0329 e. The molecule has 0 saturated heterocycles. The van der Waals surface area contributed by atoms with E-state index in [0.29, 0.717) is 6.04 Å². The van der Waals surface area contributed by atoms with E-state index in [4.69, 9.17) is 0 Å². The Hall–Kier alpha value is -0.670. The first-order chi connectivity index (χ1) is 8.02. The summed E-state index contributed by atoms with van der Waals surface area (Å²) >= 11 is 0. The first kappa shape index (κ1) is 14.4. The first-order valence-corrected chi connectivity index (χ1v) is 7.75. The molecule has 2 nitrogen and oxygen atoms in total. The first-order valence-electron chi connectivity index (χ1n) is 6.13. The number of hydrogen-bond donors (Lipinski definition) is 1. The van der Waals surface area contributed by atoms with Crippen molar-refractivity contribution in [2.75, 3.05) is 12.8 Å². The van der Waals surface area contributed by atoms with Gasteiger partial charge in [0.05, 0.1) is 0 Å². The summed E-state index contributed by atoms with van der Waals surface area (Å²) in [5.41, 5.74) is 2.66. The summed E-state index contributed by atoms with van der Waals surface area (Å²) in [5, 5.41) is 3.76. The van der Waals surface area contributed by atoms with Crippen LogP contribution in [0.2, 0.25) is 0 Å². The van der Waals surface area contributed by atoms with E-state index in [1.165, 1.54) is 11.1 Å². The minimum atomic E-state index is -0.714. The van der Waals surface area contributed by atoms with Crippen LogP contribution < -0.4 is 5.32 Å². The molecule has 3 unspecified atom stereocenters. The molecule has 1 N–H and O–H groups in total. The average molecular weight is 253 g/mol. The Kier molecular flexibility index (Phi) is 5.86. The molecule has 0 heterocycles. The van der Waals surface area contributed by atoms with Gasteiger partial charge in [-0.2, -0.15) is 0 Å². The van der Waals surface area contributed by atoms with E-state index in [-0.39, 0.29) is 5.25 Å². The van der Waals surface area contributed by atoms with Crippen LogP contribution in [0.25, 0.3) is 0 Å². The second-order valence-electron chi connectivity index (χ2n) is 4.63. The maximum atomic E-state index is 11.2. The average Bonchev–Trinajstić information content (AvgIpc) is 2.29. The second-order valence-corrected chi connectivity index (χ2v) is 6.43. The number of benzene rings is 1. The van der Waals surface area contributed by atoms with Gasteiger partial charge in [-0.3, -0.25) is 4.21 Å². The minimum Gasteiger partial charge on any atom is -0.310 e. The fourth-order valence-corrected chi connectivity index (χ4v) is 2.30. The van der Waals surface area contributed by atoms with Crippen molar-refractivity contribution in [3.8, 4) is 0 Å². The van der Waals surface area contributed by atoms with Crippen LogP contribution in [0.1, 0.15) is 37.4 Å². The summed E-state index contributed by atoms with van der Waals surface area (Å²) in [7, 11) is -0.714. The van der Waals surface area contributed by atoms with Gasteiger partial charge in [-0.05, 0) is 37.9 Å². The van der Waals surface area contributed by atoms with Crippen LogP contribution in [0.5, 0.6) is 0 Å². The molecule has 96 valence electrons. The summed E-state index contributed by atoms with van der Waals surface area (Å²) < 4.78 is 11.2. The Morgan fingerprint density at radius 2 is 1.94 bits per heavy atom. The highest BCUT2D eigenvalue weighted by Gasteiger charge is 2.09. The van der Waals surface area contributed by atoms with E-state index < -0.39 is 10.8 Å². The van der Waals surface area contributed by atoms with Crippen LogP contribution in [0.15, 0.2) is 24.3 Å². The Morgan fingerprint density at radius 3 is 2.53 bits per heavy atom. The highest BCUT2D eigenvalue weighted by Crippen LogP contribution is 2.16. The molecule has 17 heavy (non-hydrogen) atoms. The number of nitrogens with one attached hydrogen (secondary N) is 1. The monoisotopic (exact) mass is 253 g/mol. The molecule has 3 atom stereocenters. The molecule has 0 aromatic heterocycles. The lowest BCUT2D eigenvalue weighted by Crippen LogP contribution is -2.24. The van der Waals surface area contributed by atoms with E-state index in [9.17, 15) is 4.21 Å². The molecular weight excluding hydrogens is 230 g/mol. The highest BCUT2D eigenvalue weighted by molar-refractivity contribution is 7.84. The standard InChI is InChI=1S/C14H23NOS/c1-11-7-5-6-8-14(11)13(3)15-10-9-12(2)17(4)16/h5-8,12-13,15H,9-10H2,1-4H3. The molecule has 1 aromatic rings. The quantitative estimate of drug-likeness (QED) is 0.844. The summed E-state index contributed by atoms with van der Waals surface area (Å²) in [6.07, 6.45) is 2.73. The van der Waals surface area contributed by atoms with Gasteiger partial charge in [-0.15, -0.1) is 0 Å². The van der Waals surface area contributed by atoms with Crippen LogP contribution in [-0.2, 0) is 10.8 Å². The third-order valence-corrected chi connectivity index (χ3v) is 4.59. The summed E-state index contributed by atoms with van der Waals surface area (Å²) in [6, 6.07) is 8.79. The van der Waals surface area contributed by atoms with Gasteiger partial charge in [0, 0.05) is 28.3 Å². The van der Waals surface area contributed by atoms with Crippen molar-refractivity contribution in [3.63, 3.8) is 0 Å². The molecule has 0 saturated carbocycles. The summed E-state index contributed by atoms with van der Waals surface area (Å²) in [4.78, 5) is 0. The van der Waals surface area contributed by atoms with Crippen LogP contribution in [-0.4, -0.2) is 22.3 Å². The lowest BCUT2D eigenvalue weighted by atomic mass is 10.0. The molecule has 0 amide bonds. The van der Waals surface area contributed by atoms with Crippen molar-refractivity contribution < 1.29 is 4.21 Å². The van der Waals surface area contributed by atoms with Crippen molar-refractivity contribution in [2.24, 2.45) is 0 Å². The van der Waals surface area contributed by atoms with E-state index >= 15 is 0 Å². The van der Waals surface area contributed by atoms with Crippen molar-refractivity contribution >= 4 is 10.8 Å². The second kappa shape index (κ2) is 6.92. The van der Waals surface area contributed by atoms with Gasteiger partial charge in [0.2, 0.25) is 0 Å². The lowest BCUT2D eigenvalue weighted by molar-refractivity contribution is 0.552. The van der Waals surface area contributed by atoms with Crippen LogP contribution in [0.3, 0.4) is 0 Å². The highest BCUT2D eigenvalue weighted by atomic mass is 32.2. The van der Waals surface area contributed by atoms with Gasteiger partial charge in [0.15, 0.2) is 0 Å². The van der Waals surface area contributed by atoms with Crippen LogP contribution in [0, 0.1) is 6.92 Å². The van der Waals surface area contributed by atoms with Gasteiger partial charge < -0.3 is 5.32 Å². The van der Waals surface area contributed by atoms with E-state index in [1.54, 1.807) is 6.26 Å². The van der Waals surface area contributed by atoms with Gasteiger partial charge in [0.25, 0.3) is 0 Å². The molecule has 0 spiro atoms. The molecule has 0 aliphatic carbocycles. The zero-order valence-corrected chi connectivity index (χ0v) is 12.0.